The SMILES string of the molecule is N#CC(C(=O)Nc1cccc(CC(F)(F)F)c1)C(=S)Nc1ccccc1Cl. The van der Waals surface area contributed by atoms with E-state index in [0.29, 0.717) is 10.7 Å². The zero-order valence-corrected chi connectivity index (χ0v) is 15.3. The van der Waals surface area contributed by atoms with Crippen LogP contribution in [0.4, 0.5) is 24.5 Å². The van der Waals surface area contributed by atoms with Crippen LogP contribution in [0.3, 0.4) is 0 Å². The molecule has 2 N–H and O–H groups in total. The van der Waals surface area contributed by atoms with E-state index in [2.05, 4.69) is 10.6 Å². The first-order valence-corrected chi connectivity index (χ1v) is 8.40. The van der Waals surface area contributed by atoms with Gasteiger partial charge in [-0.1, -0.05) is 48.1 Å². The summed E-state index contributed by atoms with van der Waals surface area (Å²) >= 11 is 11.1. The molecule has 140 valence electrons. The molecule has 0 fully saturated rings. The molecule has 0 saturated carbocycles. The average molecular weight is 412 g/mol. The van der Waals surface area contributed by atoms with Crippen LogP contribution in [0.5, 0.6) is 0 Å². The summed E-state index contributed by atoms with van der Waals surface area (Å²) in [5, 5.41) is 14.8. The van der Waals surface area contributed by atoms with Crippen molar-refractivity contribution in [2.24, 2.45) is 5.92 Å². The van der Waals surface area contributed by atoms with Gasteiger partial charge in [-0.05, 0) is 29.8 Å². The molecule has 1 unspecified atom stereocenters. The van der Waals surface area contributed by atoms with Gasteiger partial charge in [-0.3, -0.25) is 4.79 Å². The second kappa shape index (κ2) is 8.84. The van der Waals surface area contributed by atoms with Gasteiger partial charge < -0.3 is 10.6 Å². The normalized spacial score (nSPS) is 12.0. The van der Waals surface area contributed by atoms with Crippen molar-refractivity contribution in [1.29, 1.82) is 5.26 Å². The van der Waals surface area contributed by atoms with E-state index in [9.17, 15) is 23.2 Å². The van der Waals surface area contributed by atoms with Crippen molar-refractivity contribution in [3.05, 3.63) is 59.1 Å². The van der Waals surface area contributed by atoms with Crippen molar-refractivity contribution in [3.8, 4) is 6.07 Å². The molecule has 27 heavy (non-hydrogen) atoms. The van der Waals surface area contributed by atoms with Gasteiger partial charge in [0.1, 0.15) is 4.99 Å². The lowest BCUT2D eigenvalue weighted by atomic mass is 10.1. The number of anilines is 2. The lowest BCUT2D eigenvalue weighted by Crippen LogP contribution is -2.31. The van der Waals surface area contributed by atoms with Crippen LogP contribution in [0.1, 0.15) is 5.56 Å². The number of alkyl halides is 3. The smallest absolute Gasteiger partial charge is 0.347 e. The summed E-state index contributed by atoms with van der Waals surface area (Å²) in [5.41, 5.74) is 0.567. The van der Waals surface area contributed by atoms with Gasteiger partial charge in [0.2, 0.25) is 5.91 Å². The van der Waals surface area contributed by atoms with Crippen LogP contribution in [0, 0.1) is 17.2 Å². The summed E-state index contributed by atoms with van der Waals surface area (Å²) in [4.78, 5) is 12.3. The molecule has 0 aromatic heterocycles. The number of benzene rings is 2. The van der Waals surface area contributed by atoms with Gasteiger partial charge in [0, 0.05) is 5.69 Å². The highest BCUT2D eigenvalue weighted by Crippen LogP contribution is 2.24. The van der Waals surface area contributed by atoms with Gasteiger partial charge in [0.25, 0.3) is 0 Å². The van der Waals surface area contributed by atoms with Crippen molar-refractivity contribution in [2.75, 3.05) is 10.6 Å². The highest BCUT2D eigenvalue weighted by Gasteiger charge is 2.28. The number of carbonyl (C=O) groups is 1. The van der Waals surface area contributed by atoms with Crippen LogP contribution in [0.15, 0.2) is 48.5 Å². The number of hydrogen-bond acceptors (Lipinski definition) is 3. The van der Waals surface area contributed by atoms with Crippen molar-refractivity contribution in [2.45, 2.75) is 12.6 Å². The number of halogens is 4. The topological polar surface area (TPSA) is 64.9 Å². The van der Waals surface area contributed by atoms with Crippen LogP contribution < -0.4 is 10.6 Å². The van der Waals surface area contributed by atoms with Crippen LogP contribution in [-0.2, 0) is 11.2 Å². The number of amides is 1. The number of thiocarbonyl (C=S) groups is 1. The van der Waals surface area contributed by atoms with Crippen molar-refractivity contribution in [3.63, 3.8) is 0 Å². The summed E-state index contributed by atoms with van der Waals surface area (Å²) in [6.45, 7) is 0. The third-order valence-electron chi connectivity index (χ3n) is 3.38. The minimum absolute atomic E-state index is 0.00873. The van der Waals surface area contributed by atoms with Crippen LogP contribution >= 0.6 is 23.8 Å². The Morgan fingerprint density at radius 3 is 2.52 bits per heavy atom. The van der Waals surface area contributed by atoms with E-state index in [1.807, 2.05) is 0 Å². The maximum Gasteiger partial charge on any atom is 0.393 e. The van der Waals surface area contributed by atoms with Crippen molar-refractivity contribution < 1.29 is 18.0 Å². The van der Waals surface area contributed by atoms with E-state index in [4.69, 9.17) is 23.8 Å². The molecule has 4 nitrogen and oxygen atoms in total. The molecule has 0 bridgehead atoms. The Kier molecular flexibility index (Phi) is 6.77. The van der Waals surface area contributed by atoms with E-state index in [1.54, 1.807) is 30.3 Å². The van der Waals surface area contributed by atoms with Gasteiger partial charge in [0.15, 0.2) is 5.92 Å². The van der Waals surface area contributed by atoms with Crippen LogP contribution in [0.25, 0.3) is 0 Å². The van der Waals surface area contributed by atoms with Gasteiger partial charge in [-0.2, -0.15) is 18.4 Å². The molecule has 9 heteroatoms. The molecule has 0 aliphatic heterocycles. The minimum atomic E-state index is -4.36. The van der Waals surface area contributed by atoms with Crippen LogP contribution in [0.2, 0.25) is 5.02 Å². The Balaban J connectivity index is 2.09. The molecule has 0 spiro atoms. The summed E-state index contributed by atoms with van der Waals surface area (Å²) in [7, 11) is 0. The van der Waals surface area contributed by atoms with Gasteiger partial charge in [-0.25, -0.2) is 0 Å². The zero-order chi connectivity index (χ0) is 20.0. The van der Waals surface area contributed by atoms with Crippen molar-refractivity contribution in [1.82, 2.24) is 0 Å². The van der Waals surface area contributed by atoms with Crippen LogP contribution in [-0.4, -0.2) is 17.1 Å². The van der Waals surface area contributed by atoms with E-state index in [0.717, 1.165) is 0 Å². The van der Waals surface area contributed by atoms with E-state index < -0.39 is 24.4 Å². The highest BCUT2D eigenvalue weighted by atomic mass is 35.5. The number of carbonyl (C=O) groups excluding carboxylic acids is 1. The average Bonchev–Trinajstić information content (AvgIpc) is 2.56. The van der Waals surface area contributed by atoms with E-state index in [1.165, 1.54) is 24.3 Å². The number of para-hydroxylation sites is 1. The van der Waals surface area contributed by atoms with Gasteiger partial charge >= 0.3 is 6.18 Å². The third kappa shape index (κ3) is 6.24. The standard InChI is InChI=1S/C18H13ClF3N3OS/c19-14-6-1-2-7-15(14)25-17(27)13(10-23)16(26)24-12-5-3-4-11(8-12)9-18(20,21)22/h1-8,13H,9H2,(H,24,26)(H,25,27). The predicted octanol–water partition coefficient (Wildman–Crippen LogP) is 4.96. The molecular formula is C18H13ClF3N3OS. The fraction of sp³-hybridized carbons (Fsp3) is 0.167. The first-order valence-electron chi connectivity index (χ1n) is 7.61. The molecule has 1 amide bonds. The first-order chi connectivity index (χ1) is 12.7. The Hall–Kier alpha value is -2.63. The molecule has 0 heterocycles. The second-order valence-electron chi connectivity index (χ2n) is 5.51. The number of nitrogens with one attached hydrogen (secondary N) is 2. The monoisotopic (exact) mass is 411 g/mol. The molecular weight excluding hydrogens is 399 g/mol. The highest BCUT2D eigenvalue weighted by molar-refractivity contribution is 7.80. The summed E-state index contributed by atoms with van der Waals surface area (Å²) in [6, 6.07) is 13.7. The van der Waals surface area contributed by atoms with Crippen molar-refractivity contribution >= 4 is 46.1 Å². The summed E-state index contributed by atoms with van der Waals surface area (Å²) < 4.78 is 37.5. The molecule has 0 aliphatic rings. The first kappa shape index (κ1) is 20.7. The Morgan fingerprint density at radius 1 is 1.19 bits per heavy atom. The minimum Gasteiger partial charge on any atom is -0.347 e. The Labute approximate surface area is 163 Å². The second-order valence-corrected chi connectivity index (χ2v) is 6.36. The van der Waals surface area contributed by atoms with E-state index >= 15 is 0 Å². The maximum absolute atomic E-state index is 12.5. The van der Waals surface area contributed by atoms with Gasteiger partial charge in [-0.15, -0.1) is 0 Å². The Morgan fingerprint density at radius 2 is 1.89 bits per heavy atom. The third-order valence-corrected chi connectivity index (χ3v) is 4.05. The number of hydrogen-bond donors (Lipinski definition) is 2. The molecule has 0 radical (unpaired) electrons. The lowest BCUT2D eigenvalue weighted by molar-refractivity contribution is -0.127. The molecule has 2 aromatic carbocycles. The fourth-order valence-corrected chi connectivity index (χ4v) is 2.66. The molecule has 0 saturated heterocycles. The zero-order valence-electron chi connectivity index (χ0n) is 13.7. The number of nitriles is 1. The fourth-order valence-electron chi connectivity index (χ4n) is 2.21. The summed E-state index contributed by atoms with van der Waals surface area (Å²) in [6.07, 6.45) is -5.48. The lowest BCUT2D eigenvalue weighted by Gasteiger charge is -2.15. The Bertz CT molecular complexity index is 896. The number of rotatable bonds is 5. The molecule has 2 rings (SSSR count). The molecule has 0 aliphatic carbocycles. The van der Waals surface area contributed by atoms with E-state index in [-0.39, 0.29) is 16.2 Å². The quantitative estimate of drug-likeness (QED) is 0.682. The molecule has 1 atom stereocenters. The predicted molar refractivity (Wildman–Crippen MR) is 102 cm³/mol. The number of nitrogens with zero attached hydrogens (tertiary/aromatic N) is 1. The van der Waals surface area contributed by atoms with Gasteiger partial charge in [0.05, 0.1) is 23.2 Å². The summed E-state index contributed by atoms with van der Waals surface area (Å²) in [5.74, 6) is -2.10. The maximum atomic E-state index is 12.5. The largest absolute Gasteiger partial charge is 0.393 e. The molecule has 2 aromatic rings.